The Morgan fingerprint density at radius 2 is 1.83 bits per heavy atom. The van der Waals surface area contributed by atoms with E-state index in [2.05, 4.69) is 4.98 Å². The minimum absolute atomic E-state index is 0.0378. The molecule has 0 aliphatic carbocycles. The van der Waals surface area contributed by atoms with Crippen LogP contribution in [0.4, 0.5) is 0 Å². The number of fused-ring (bicyclic) bond motifs is 1. The fourth-order valence-corrected chi connectivity index (χ4v) is 2.11. The summed E-state index contributed by atoms with van der Waals surface area (Å²) in [5.41, 5.74) is 2.59. The molecule has 0 saturated carbocycles. The molecule has 2 heterocycles. The molecule has 0 aliphatic rings. The van der Waals surface area contributed by atoms with Gasteiger partial charge >= 0.3 is 0 Å². The third kappa shape index (κ3) is 1.61. The molecule has 3 nitrogen and oxygen atoms in total. The molecule has 88 valence electrons. The quantitative estimate of drug-likeness (QED) is 0.640. The van der Waals surface area contributed by atoms with E-state index in [1.807, 2.05) is 52.9 Å². The van der Waals surface area contributed by atoms with Crippen LogP contribution in [0, 0.1) is 0 Å². The van der Waals surface area contributed by atoms with Crippen molar-refractivity contribution in [3.05, 3.63) is 60.4 Å². The van der Waals surface area contributed by atoms with Crippen molar-refractivity contribution in [1.29, 1.82) is 0 Å². The number of carbonyl (C=O) groups is 1. The summed E-state index contributed by atoms with van der Waals surface area (Å²) < 4.78 is 1.90. The second-order valence-corrected chi connectivity index (χ2v) is 4.18. The second kappa shape index (κ2) is 4.11. The molecule has 0 spiro atoms. The highest BCUT2D eigenvalue weighted by Gasteiger charge is 2.11. The van der Waals surface area contributed by atoms with Crippen LogP contribution >= 0.6 is 0 Å². The number of carbonyl (C=O) groups excluding carboxylic acids is 1. The zero-order valence-corrected chi connectivity index (χ0v) is 10.00. The first-order valence-electron chi connectivity index (χ1n) is 5.80. The number of ketones is 1. The summed E-state index contributed by atoms with van der Waals surface area (Å²) in [4.78, 5) is 16.1. The van der Waals surface area contributed by atoms with Crippen LogP contribution in [-0.4, -0.2) is 15.2 Å². The number of imidazole rings is 1. The highest BCUT2D eigenvalue weighted by molar-refractivity contribution is 5.94. The molecule has 3 aromatic rings. The average Bonchev–Trinajstić information content (AvgIpc) is 2.83. The lowest BCUT2D eigenvalue weighted by molar-refractivity contribution is 0.101. The number of nitrogens with zero attached hydrogens (tertiary/aromatic N) is 2. The van der Waals surface area contributed by atoms with Gasteiger partial charge < -0.3 is 0 Å². The minimum Gasteiger partial charge on any atom is -0.293 e. The number of pyridine rings is 1. The maximum Gasteiger partial charge on any atom is 0.176 e. The highest BCUT2D eigenvalue weighted by atomic mass is 16.1. The van der Waals surface area contributed by atoms with Crippen LogP contribution in [0.1, 0.15) is 17.4 Å². The van der Waals surface area contributed by atoms with Gasteiger partial charge in [-0.3, -0.25) is 9.20 Å². The summed E-state index contributed by atoms with van der Waals surface area (Å²) in [6.45, 7) is 1.57. The van der Waals surface area contributed by atoms with Crippen LogP contribution in [0.15, 0.2) is 54.7 Å². The van der Waals surface area contributed by atoms with E-state index in [0.29, 0.717) is 5.69 Å². The largest absolute Gasteiger partial charge is 0.293 e. The highest BCUT2D eigenvalue weighted by Crippen LogP contribution is 2.21. The fraction of sp³-hybridized carbons (Fsp3) is 0.0667. The van der Waals surface area contributed by atoms with Crippen LogP contribution in [-0.2, 0) is 0 Å². The number of hydrogen-bond acceptors (Lipinski definition) is 2. The molecule has 0 bridgehead atoms. The second-order valence-electron chi connectivity index (χ2n) is 4.18. The van der Waals surface area contributed by atoms with Gasteiger partial charge in [-0.25, -0.2) is 4.98 Å². The zero-order valence-electron chi connectivity index (χ0n) is 10.00. The lowest BCUT2D eigenvalue weighted by atomic mass is 10.2. The molecule has 0 radical (unpaired) electrons. The molecule has 0 aliphatic heterocycles. The molecule has 0 amide bonds. The molecule has 1 aromatic carbocycles. The molecule has 3 rings (SSSR count). The maximum atomic E-state index is 11.7. The van der Waals surface area contributed by atoms with Crippen molar-refractivity contribution in [1.82, 2.24) is 9.38 Å². The molecule has 0 unspecified atom stereocenters. The van der Waals surface area contributed by atoms with Crippen LogP contribution < -0.4 is 0 Å². The standard InChI is InChI=1S/C15H12N2O/c1-11(18)14-9-5-8-13-10-16-15(17(13)14)12-6-3-2-4-7-12/h2-10H,1H3. The van der Waals surface area contributed by atoms with Gasteiger partial charge in [-0.1, -0.05) is 36.4 Å². The van der Waals surface area contributed by atoms with Gasteiger partial charge in [0.2, 0.25) is 0 Å². The van der Waals surface area contributed by atoms with E-state index in [1.165, 1.54) is 0 Å². The normalized spacial score (nSPS) is 10.7. The molecular weight excluding hydrogens is 224 g/mol. The Hall–Kier alpha value is -2.42. The number of hydrogen-bond donors (Lipinski definition) is 0. The Morgan fingerprint density at radius 3 is 2.56 bits per heavy atom. The monoisotopic (exact) mass is 236 g/mol. The van der Waals surface area contributed by atoms with Crippen molar-refractivity contribution in [2.45, 2.75) is 6.92 Å². The molecular formula is C15H12N2O. The summed E-state index contributed by atoms with van der Waals surface area (Å²) in [7, 11) is 0. The van der Waals surface area contributed by atoms with Crippen molar-refractivity contribution in [2.24, 2.45) is 0 Å². The van der Waals surface area contributed by atoms with Crippen molar-refractivity contribution >= 4 is 11.3 Å². The summed E-state index contributed by atoms with van der Waals surface area (Å²) in [5.74, 6) is 0.840. The fourth-order valence-electron chi connectivity index (χ4n) is 2.11. The third-order valence-electron chi connectivity index (χ3n) is 2.94. The number of benzene rings is 1. The van der Waals surface area contributed by atoms with Gasteiger partial charge in [0.1, 0.15) is 5.82 Å². The van der Waals surface area contributed by atoms with Crippen molar-refractivity contribution < 1.29 is 4.79 Å². The van der Waals surface area contributed by atoms with Crippen molar-refractivity contribution in [3.63, 3.8) is 0 Å². The molecule has 0 saturated heterocycles. The topological polar surface area (TPSA) is 34.4 Å². The van der Waals surface area contributed by atoms with Gasteiger partial charge in [-0.15, -0.1) is 0 Å². The summed E-state index contributed by atoms with van der Waals surface area (Å²) >= 11 is 0. The lowest BCUT2D eigenvalue weighted by Crippen LogP contribution is -2.03. The number of rotatable bonds is 2. The van der Waals surface area contributed by atoms with Crippen molar-refractivity contribution in [2.75, 3.05) is 0 Å². The Bertz CT molecular complexity index is 714. The van der Waals surface area contributed by atoms with Crippen LogP contribution in [0.2, 0.25) is 0 Å². The van der Waals surface area contributed by atoms with Gasteiger partial charge in [0, 0.05) is 12.5 Å². The van der Waals surface area contributed by atoms with E-state index >= 15 is 0 Å². The first-order valence-corrected chi connectivity index (χ1v) is 5.80. The summed E-state index contributed by atoms with van der Waals surface area (Å²) in [5, 5.41) is 0. The van der Waals surface area contributed by atoms with Gasteiger partial charge in [-0.2, -0.15) is 0 Å². The molecule has 3 heteroatoms. The smallest absolute Gasteiger partial charge is 0.176 e. The molecule has 0 atom stereocenters. The maximum absolute atomic E-state index is 11.7. The molecule has 0 fully saturated rings. The Labute approximate surface area is 105 Å². The number of Topliss-reactive ketones (excluding diaryl/α,β-unsaturated/α-hetero) is 1. The Balaban J connectivity index is 2.35. The average molecular weight is 236 g/mol. The molecule has 2 aromatic heterocycles. The molecule has 18 heavy (non-hydrogen) atoms. The van der Waals surface area contributed by atoms with Gasteiger partial charge in [0.15, 0.2) is 5.78 Å². The zero-order chi connectivity index (χ0) is 12.5. The van der Waals surface area contributed by atoms with Crippen LogP contribution in [0.5, 0.6) is 0 Å². The van der Waals surface area contributed by atoms with Crippen LogP contribution in [0.25, 0.3) is 16.9 Å². The number of aromatic nitrogens is 2. The summed E-state index contributed by atoms with van der Waals surface area (Å²) in [6.07, 6.45) is 1.79. The SMILES string of the molecule is CC(=O)c1cccc2cnc(-c3ccccc3)n12. The van der Waals surface area contributed by atoms with Gasteiger partial charge in [-0.05, 0) is 12.1 Å². The summed E-state index contributed by atoms with van der Waals surface area (Å²) in [6, 6.07) is 15.5. The van der Waals surface area contributed by atoms with E-state index in [4.69, 9.17) is 0 Å². The van der Waals surface area contributed by atoms with Gasteiger partial charge in [0.05, 0.1) is 17.4 Å². The minimum atomic E-state index is 0.0378. The van der Waals surface area contributed by atoms with E-state index in [0.717, 1.165) is 16.9 Å². The van der Waals surface area contributed by atoms with Gasteiger partial charge in [0.25, 0.3) is 0 Å². The lowest BCUT2D eigenvalue weighted by Gasteiger charge is -2.06. The van der Waals surface area contributed by atoms with Crippen molar-refractivity contribution in [3.8, 4) is 11.4 Å². The molecule has 0 N–H and O–H groups in total. The van der Waals surface area contributed by atoms with E-state index in [9.17, 15) is 4.79 Å². The predicted molar refractivity (Wildman–Crippen MR) is 70.6 cm³/mol. The third-order valence-corrected chi connectivity index (χ3v) is 2.94. The van der Waals surface area contributed by atoms with E-state index in [1.54, 1.807) is 13.1 Å². The Kier molecular flexibility index (Phi) is 2.45. The first-order chi connectivity index (χ1) is 8.77. The Morgan fingerprint density at radius 1 is 1.06 bits per heavy atom. The van der Waals surface area contributed by atoms with Crippen LogP contribution in [0.3, 0.4) is 0 Å². The predicted octanol–water partition coefficient (Wildman–Crippen LogP) is 3.20. The first kappa shape index (κ1) is 10.7. The van der Waals surface area contributed by atoms with E-state index in [-0.39, 0.29) is 5.78 Å². The van der Waals surface area contributed by atoms with E-state index < -0.39 is 0 Å².